The Balaban J connectivity index is 2.23. The molecule has 0 bridgehead atoms. The highest BCUT2D eigenvalue weighted by atomic mass is 19.4. The molecule has 0 saturated carbocycles. The van der Waals surface area contributed by atoms with Gasteiger partial charge in [0.2, 0.25) is 0 Å². The third kappa shape index (κ3) is 3.55. The first kappa shape index (κ1) is 14.0. The predicted octanol–water partition coefficient (Wildman–Crippen LogP) is 4.06. The molecule has 2 nitrogen and oxygen atoms in total. The highest BCUT2D eigenvalue weighted by molar-refractivity contribution is 5.59. The average Bonchev–Trinajstić information content (AvgIpc) is 2.28. The van der Waals surface area contributed by atoms with Gasteiger partial charge in [0.15, 0.2) is 0 Å². The summed E-state index contributed by atoms with van der Waals surface area (Å²) in [6.45, 7) is 1.64. The van der Waals surface area contributed by atoms with Crippen molar-refractivity contribution in [3.8, 4) is 0 Å². The van der Waals surface area contributed by atoms with Gasteiger partial charge in [-0.05, 0) is 31.0 Å². The van der Waals surface area contributed by atoms with Gasteiger partial charge in [-0.15, -0.1) is 0 Å². The topological polar surface area (TPSA) is 29.3 Å². The van der Waals surface area contributed by atoms with E-state index in [-0.39, 0.29) is 5.69 Å². The fraction of sp³-hybridized carbons (Fsp3) is 0.571. The molecule has 1 aliphatic rings. The van der Waals surface area contributed by atoms with Crippen molar-refractivity contribution < 1.29 is 13.2 Å². The van der Waals surface area contributed by atoms with Crippen LogP contribution in [-0.4, -0.2) is 13.1 Å². The van der Waals surface area contributed by atoms with Gasteiger partial charge in [0, 0.05) is 24.5 Å². The molecule has 0 aromatic heterocycles. The van der Waals surface area contributed by atoms with Crippen molar-refractivity contribution in [1.82, 2.24) is 0 Å². The second kappa shape index (κ2) is 5.72. The highest BCUT2D eigenvalue weighted by Crippen LogP contribution is 2.36. The molecule has 0 aliphatic carbocycles. The third-order valence-electron chi connectivity index (χ3n) is 3.56. The molecule has 19 heavy (non-hydrogen) atoms. The number of rotatable bonds is 1. The molecule has 0 unspecified atom stereocenters. The van der Waals surface area contributed by atoms with E-state index in [9.17, 15) is 13.2 Å². The molecule has 1 aromatic rings. The van der Waals surface area contributed by atoms with Crippen LogP contribution >= 0.6 is 0 Å². The van der Waals surface area contributed by atoms with Gasteiger partial charge in [-0.1, -0.05) is 19.3 Å². The van der Waals surface area contributed by atoms with Crippen LogP contribution in [0.5, 0.6) is 0 Å². The summed E-state index contributed by atoms with van der Waals surface area (Å²) >= 11 is 0. The van der Waals surface area contributed by atoms with Crippen LogP contribution in [0.25, 0.3) is 0 Å². The number of hydrogen-bond donors (Lipinski definition) is 1. The van der Waals surface area contributed by atoms with Crippen LogP contribution in [0.1, 0.15) is 37.7 Å². The summed E-state index contributed by atoms with van der Waals surface area (Å²) in [6, 6.07) is 4.22. The van der Waals surface area contributed by atoms with E-state index < -0.39 is 11.7 Å². The Morgan fingerprint density at radius 3 is 2.11 bits per heavy atom. The normalized spacial score (nSPS) is 17.9. The van der Waals surface area contributed by atoms with Crippen LogP contribution in [0.2, 0.25) is 0 Å². The molecule has 1 saturated heterocycles. The highest BCUT2D eigenvalue weighted by Gasteiger charge is 2.33. The molecule has 0 amide bonds. The zero-order valence-corrected chi connectivity index (χ0v) is 10.8. The van der Waals surface area contributed by atoms with Gasteiger partial charge in [-0.2, -0.15) is 13.2 Å². The lowest BCUT2D eigenvalue weighted by molar-refractivity contribution is -0.136. The van der Waals surface area contributed by atoms with E-state index in [4.69, 9.17) is 5.73 Å². The Hall–Kier alpha value is -1.39. The Labute approximate surface area is 111 Å². The molecular formula is C14H19F3N2. The van der Waals surface area contributed by atoms with E-state index in [1.165, 1.54) is 18.6 Å². The number of halogens is 3. The molecular weight excluding hydrogens is 253 g/mol. The molecule has 1 fully saturated rings. The van der Waals surface area contributed by atoms with E-state index in [0.717, 1.165) is 38.8 Å². The molecule has 106 valence electrons. The van der Waals surface area contributed by atoms with Crippen molar-refractivity contribution in [1.29, 1.82) is 0 Å². The number of anilines is 2. The van der Waals surface area contributed by atoms with E-state index in [1.807, 2.05) is 4.90 Å². The van der Waals surface area contributed by atoms with Crippen LogP contribution in [0.15, 0.2) is 18.2 Å². The van der Waals surface area contributed by atoms with Crippen LogP contribution in [0.4, 0.5) is 24.5 Å². The lowest BCUT2D eigenvalue weighted by Gasteiger charge is -2.27. The third-order valence-corrected chi connectivity index (χ3v) is 3.56. The first-order valence-electron chi connectivity index (χ1n) is 6.70. The zero-order valence-electron chi connectivity index (χ0n) is 10.8. The SMILES string of the molecule is Nc1ccc(N2CCCCCCC2)cc1C(F)(F)F. The summed E-state index contributed by atoms with van der Waals surface area (Å²) in [7, 11) is 0. The van der Waals surface area contributed by atoms with Crippen LogP contribution in [0.3, 0.4) is 0 Å². The maximum atomic E-state index is 12.8. The molecule has 1 aromatic carbocycles. The average molecular weight is 272 g/mol. The molecule has 0 radical (unpaired) electrons. The number of nitrogen functional groups attached to an aromatic ring is 1. The number of benzene rings is 1. The van der Waals surface area contributed by atoms with Gasteiger partial charge >= 0.3 is 6.18 Å². The molecule has 2 rings (SSSR count). The Morgan fingerprint density at radius 1 is 0.947 bits per heavy atom. The summed E-state index contributed by atoms with van der Waals surface area (Å²) in [4.78, 5) is 2.04. The minimum atomic E-state index is -4.39. The quantitative estimate of drug-likeness (QED) is 0.781. The van der Waals surface area contributed by atoms with Gasteiger partial charge in [-0.3, -0.25) is 0 Å². The summed E-state index contributed by atoms with van der Waals surface area (Å²) < 4.78 is 38.5. The Bertz CT molecular complexity index is 421. The van der Waals surface area contributed by atoms with Gasteiger partial charge < -0.3 is 10.6 Å². The first-order valence-corrected chi connectivity index (χ1v) is 6.70. The number of alkyl halides is 3. The van der Waals surface area contributed by atoms with Crippen molar-refractivity contribution in [3.05, 3.63) is 23.8 Å². The van der Waals surface area contributed by atoms with E-state index in [1.54, 1.807) is 6.07 Å². The van der Waals surface area contributed by atoms with Crippen LogP contribution < -0.4 is 10.6 Å². The second-order valence-electron chi connectivity index (χ2n) is 5.02. The van der Waals surface area contributed by atoms with Crippen molar-refractivity contribution in [2.45, 2.75) is 38.3 Å². The smallest absolute Gasteiger partial charge is 0.398 e. The molecule has 1 aliphatic heterocycles. The van der Waals surface area contributed by atoms with Gasteiger partial charge in [0.1, 0.15) is 0 Å². The zero-order chi connectivity index (χ0) is 13.9. The number of nitrogens with two attached hydrogens (primary N) is 1. The lowest BCUT2D eigenvalue weighted by atomic mass is 10.1. The van der Waals surface area contributed by atoms with Gasteiger partial charge in [0.05, 0.1) is 5.56 Å². The molecule has 0 atom stereocenters. The first-order chi connectivity index (χ1) is 8.98. The van der Waals surface area contributed by atoms with E-state index in [2.05, 4.69) is 0 Å². The summed E-state index contributed by atoms with van der Waals surface area (Å²) in [6.07, 6.45) is 1.21. The second-order valence-corrected chi connectivity index (χ2v) is 5.02. The monoisotopic (exact) mass is 272 g/mol. The van der Waals surface area contributed by atoms with Crippen molar-refractivity contribution in [3.63, 3.8) is 0 Å². The minimum Gasteiger partial charge on any atom is -0.398 e. The Morgan fingerprint density at radius 2 is 1.53 bits per heavy atom. The molecule has 5 heteroatoms. The van der Waals surface area contributed by atoms with Crippen molar-refractivity contribution in [2.24, 2.45) is 0 Å². The minimum absolute atomic E-state index is 0.205. The summed E-state index contributed by atoms with van der Waals surface area (Å²) in [5.74, 6) is 0. The van der Waals surface area contributed by atoms with Crippen molar-refractivity contribution in [2.75, 3.05) is 23.7 Å². The molecule has 0 spiro atoms. The van der Waals surface area contributed by atoms with Crippen LogP contribution in [-0.2, 0) is 6.18 Å². The maximum absolute atomic E-state index is 12.8. The fourth-order valence-electron chi connectivity index (χ4n) is 2.49. The van der Waals surface area contributed by atoms with Crippen molar-refractivity contribution >= 4 is 11.4 Å². The van der Waals surface area contributed by atoms with Gasteiger partial charge in [0.25, 0.3) is 0 Å². The largest absolute Gasteiger partial charge is 0.418 e. The maximum Gasteiger partial charge on any atom is 0.418 e. The van der Waals surface area contributed by atoms with Gasteiger partial charge in [-0.25, -0.2) is 0 Å². The standard InChI is InChI=1S/C14H19F3N2/c15-14(16,17)12-10-11(6-7-13(12)18)19-8-4-2-1-3-5-9-19/h6-7,10H,1-5,8-9,18H2. The summed E-state index contributed by atoms with van der Waals surface area (Å²) in [5.41, 5.74) is 5.12. The van der Waals surface area contributed by atoms with Crippen LogP contribution in [0, 0.1) is 0 Å². The number of hydrogen-bond acceptors (Lipinski definition) is 2. The number of nitrogens with zero attached hydrogens (tertiary/aromatic N) is 1. The lowest BCUT2D eigenvalue weighted by Crippen LogP contribution is -2.27. The molecule has 2 N–H and O–H groups in total. The van der Waals surface area contributed by atoms with E-state index >= 15 is 0 Å². The van der Waals surface area contributed by atoms with E-state index in [0.29, 0.717) is 5.69 Å². The fourth-order valence-corrected chi connectivity index (χ4v) is 2.49. The summed E-state index contributed by atoms with van der Waals surface area (Å²) in [5, 5.41) is 0. The predicted molar refractivity (Wildman–Crippen MR) is 71.2 cm³/mol. The molecule has 1 heterocycles. The Kier molecular flexibility index (Phi) is 4.22.